The van der Waals surface area contributed by atoms with Crippen LogP contribution in [0.25, 0.3) is 0 Å². The molecule has 0 aromatic heterocycles. The van der Waals surface area contributed by atoms with E-state index < -0.39 is 4.92 Å². The van der Waals surface area contributed by atoms with Crippen molar-refractivity contribution in [1.29, 1.82) is 0 Å². The first kappa shape index (κ1) is 17.0. The van der Waals surface area contributed by atoms with Gasteiger partial charge in [0.1, 0.15) is 5.69 Å². The fraction of sp³-hybridized carbons (Fsp3) is 0.500. The van der Waals surface area contributed by atoms with Crippen LogP contribution in [0.4, 0.5) is 11.4 Å². The molecule has 126 valence electrons. The first-order valence-corrected chi connectivity index (χ1v) is 7.05. The lowest BCUT2D eigenvalue weighted by Gasteiger charge is -2.25. The van der Waals surface area contributed by atoms with Crippen LogP contribution in [0.5, 0.6) is 11.5 Å². The van der Waals surface area contributed by atoms with E-state index in [1.807, 2.05) is 4.90 Å². The number of nitro groups is 1. The molecule has 2 rings (SSSR count). The molecule has 1 aliphatic heterocycles. The molecule has 0 spiro atoms. The van der Waals surface area contributed by atoms with Crippen LogP contribution in [0, 0.1) is 10.1 Å². The van der Waals surface area contributed by atoms with E-state index in [4.69, 9.17) is 14.2 Å². The van der Waals surface area contributed by atoms with E-state index in [1.165, 1.54) is 26.4 Å². The van der Waals surface area contributed by atoms with E-state index in [-0.39, 0.29) is 29.6 Å². The van der Waals surface area contributed by atoms with Gasteiger partial charge in [0.05, 0.1) is 45.0 Å². The summed E-state index contributed by atoms with van der Waals surface area (Å²) in [5, 5.41) is 13.8. The van der Waals surface area contributed by atoms with Gasteiger partial charge in [-0.1, -0.05) is 0 Å². The Bertz CT molecular complexity index is 586. The minimum atomic E-state index is -0.577. The number of nitro benzene ring substituents is 1. The van der Waals surface area contributed by atoms with Crippen LogP contribution in [-0.4, -0.2) is 62.8 Å². The summed E-state index contributed by atoms with van der Waals surface area (Å²) in [6.07, 6.45) is 0. The molecular weight excluding hydrogens is 306 g/mol. The lowest BCUT2D eigenvalue weighted by molar-refractivity contribution is -0.384. The van der Waals surface area contributed by atoms with Gasteiger partial charge in [-0.25, -0.2) is 0 Å². The molecule has 0 bridgehead atoms. The minimum absolute atomic E-state index is 0.0749. The average Bonchev–Trinajstić information content (AvgIpc) is 2.54. The summed E-state index contributed by atoms with van der Waals surface area (Å²) in [6, 6.07) is 2.61. The monoisotopic (exact) mass is 325 g/mol. The molecule has 1 aliphatic rings. The molecule has 1 aromatic rings. The predicted octanol–water partition coefficient (Wildman–Crippen LogP) is 0.883. The highest BCUT2D eigenvalue weighted by Crippen LogP contribution is 2.37. The molecule has 1 saturated heterocycles. The zero-order chi connectivity index (χ0) is 16.8. The lowest BCUT2D eigenvalue weighted by atomic mass is 10.2. The quantitative estimate of drug-likeness (QED) is 0.611. The maximum absolute atomic E-state index is 12.1. The first-order valence-electron chi connectivity index (χ1n) is 7.05. The molecule has 9 heteroatoms. The van der Waals surface area contributed by atoms with E-state index in [0.717, 1.165) is 0 Å². The summed E-state index contributed by atoms with van der Waals surface area (Å²) < 4.78 is 15.4. The predicted molar refractivity (Wildman–Crippen MR) is 82.1 cm³/mol. The highest BCUT2D eigenvalue weighted by Gasteiger charge is 2.22. The first-order chi connectivity index (χ1) is 11.0. The molecule has 1 N–H and O–H groups in total. The van der Waals surface area contributed by atoms with Crippen molar-refractivity contribution in [2.45, 2.75) is 0 Å². The van der Waals surface area contributed by atoms with E-state index >= 15 is 0 Å². The summed E-state index contributed by atoms with van der Waals surface area (Å²) in [5.74, 6) is 0.201. The summed E-state index contributed by atoms with van der Waals surface area (Å²) in [6.45, 7) is 2.60. The zero-order valence-corrected chi connectivity index (χ0v) is 13.0. The van der Waals surface area contributed by atoms with Gasteiger partial charge in [0, 0.05) is 19.2 Å². The number of methoxy groups -OCH3 is 2. The third-order valence-corrected chi connectivity index (χ3v) is 3.44. The Hall–Kier alpha value is -2.39. The van der Waals surface area contributed by atoms with Gasteiger partial charge in [-0.15, -0.1) is 0 Å². The van der Waals surface area contributed by atoms with Gasteiger partial charge in [-0.05, 0) is 0 Å². The standard InChI is InChI=1S/C14H19N3O6/c1-21-12-7-10(11(17(19)20)8-13(12)22-2)15-14(18)9-16-3-5-23-6-4-16/h7-8H,3-6,9H2,1-2H3,(H,15,18). The molecule has 23 heavy (non-hydrogen) atoms. The number of anilines is 1. The number of benzene rings is 1. The van der Waals surface area contributed by atoms with E-state index in [9.17, 15) is 14.9 Å². The number of rotatable bonds is 6. The Morgan fingerprint density at radius 2 is 1.91 bits per heavy atom. The largest absolute Gasteiger partial charge is 0.493 e. The van der Waals surface area contributed by atoms with Crippen molar-refractivity contribution >= 4 is 17.3 Å². The van der Waals surface area contributed by atoms with Crippen LogP contribution in [0.15, 0.2) is 12.1 Å². The molecule has 0 aliphatic carbocycles. The smallest absolute Gasteiger partial charge is 0.296 e. The third kappa shape index (κ3) is 4.30. The summed E-state index contributed by atoms with van der Waals surface area (Å²) in [7, 11) is 2.81. The maximum Gasteiger partial charge on any atom is 0.296 e. The fourth-order valence-corrected chi connectivity index (χ4v) is 2.27. The van der Waals surface area contributed by atoms with Crippen molar-refractivity contribution in [3.8, 4) is 11.5 Å². The summed E-state index contributed by atoms with van der Waals surface area (Å²) in [4.78, 5) is 24.7. The van der Waals surface area contributed by atoms with Crippen LogP contribution in [-0.2, 0) is 9.53 Å². The van der Waals surface area contributed by atoms with E-state index in [1.54, 1.807) is 0 Å². The normalized spacial score (nSPS) is 15.0. The van der Waals surface area contributed by atoms with Gasteiger partial charge in [-0.2, -0.15) is 0 Å². The number of amides is 1. The zero-order valence-electron chi connectivity index (χ0n) is 13.0. The van der Waals surface area contributed by atoms with Crippen molar-refractivity contribution in [1.82, 2.24) is 4.90 Å². The number of hydrogen-bond acceptors (Lipinski definition) is 7. The van der Waals surface area contributed by atoms with E-state index in [0.29, 0.717) is 32.1 Å². The van der Waals surface area contributed by atoms with Crippen LogP contribution in [0.2, 0.25) is 0 Å². The lowest BCUT2D eigenvalue weighted by Crippen LogP contribution is -2.41. The van der Waals surface area contributed by atoms with Crippen molar-refractivity contribution in [3.05, 3.63) is 22.2 Å². The number of nitrogens with zero attached hydrogens (tertiary/aromatic N) is 2. The minimum Gasteiger partial charge on any atom is -0.493 e. The van der Waals surface area contributed by atoms with Crippen molar-refractivity contribution in [2.75, 3.05) is 52.4 Å². The Balaban J connectivity index is 2.16. The second-order valence-electron chi connectivity index (χ2n) is 4.92. The van der Waals surface area contributed by atoms with Crippen molar-refractivity contribution in [2.24, 2.45) is 0 Å². The topological polar surface area (TPSA) is 103 Å². The molecule has 0 atom stereocenters. The van der Waals surface area contributed by atoms with Gasteiger partial charge >= 0.3 is 0 Å². The second kappa shape index (κ2) is 7.75. The number of ether oxygens (including phenoxy) is 3. The summed E-state index contributed by atoms with van der Waals surface area (Å²) >= 11 is 0. The molecule has 9 nitrogen and oxygen atoms in total. The molecule has 0 radical (unpaired) electrons. The van der Waals surface area contributed by atoms with Gasteiger partial charge in [0.15, 0.2) is 11.5 Å². The highest BCUT2D eigenvalue weighted by atomic mass is 16.6. The fourth-order valence-electron chi connectivity index (χ4n) is 2.27. The van der Waals surface area contributed by atoms with Crippen LogP contribution >= 0.6 is 0 Å². The molecule has 0 unspecified atom stereocenters. The molecule has 1 heterocycles. The number of carbonyl (C=O) groups excluding carboxylic acids is 1. The van der Waals surface area contributed by atoms with E-state index in [2.05, 4.69) is 5.32 Å². The Kier molecular flexibility index (Phi) is 5.72. The molecule has 1 amide bonds. The number of morpholine rings is 1. The third-order valence-electron chi connectivity index (χ3n) is 3.44. The molecule has 0 saturated carbocycles. The molecule has 1 fully saturated rings. The summed E-state index contributed by atoms with van der Waals surface area (Å²) in [5.41, 5.74) is -0.177. The molecular formula is C14H19N3O6. The molecule has 1 aromatic carbocycles. The van der Waals surface area contributed by atoms with Crippen molar-refractivity contribution in [3.63, 3.8) is 0 Å². The maximum atomic E-state index is 12.1. The number of hydrogen-bond donors (Lipinski definition) is 1. The second-order valence-corrected chi connectivity index (χ2v) is 4.92. The van der Waals surface area contributed by atoms with Crippen LogP contribution in [0.3, 0.4) is 0 Å². The van der Waals surface area contributed by atoms with Gasteiger partial charge < -0.3 is 19.5 Å². The van der Waals surface area contributed by atoms with Gasteiger partial charge in [0.2, 0.25) is 5.91 Å². The number of carbonyl (C=O) groups is 1. The van der Waals surface area contributed by atoms with Gasteiger partial charge in [0.25, 0.3) is 5.69 Å². The average molecular weight is 325 g/mol. The van der Waals surface area contributed by atoms with Crippen molar-refractivity contribution < 1.29 is 23.9 Å². The van der Waals surface area contributed by atoms with Gasteiger partial charge in [-0.3, -0.25) is 19.8 Å². The SMILES string of the molecule is COc1cc(NC(=O)CN2CCOCC2)c([N+](=O)[O-])cc1OC. The Morgan fingerprint density at radius 1 is 1.30 bits per heavy atom. The Labute approximate surface area is 133 Å². The highest BCUT2D eigenvalue weighted by molar-refractivity contribution is 5.95. The van der Waals surface area contributed by atoms with Crippen LogP contribution in [0.1, 0.15) is 0 Å². The Morgan fingerprint density at radius 3 is 2.48 bits per heavy atom. The number of nitrogens with one attached hydrogen (secondary N) is 1. The van der Waals surface area contributed by atoms with Crippen LogP contribution < -0.4 is 14.8 Å².